The smallest absolute Gasteiger partial charge is 0.222 e. The quantitative estimate of drug-likeness (QED) is 0.584. The minimum Gasteiger partial charge on any atom is -0.356 e. The lowest BCUT2D eigenvalue weighted by Crippen LogP contribution is -2.45. The van der Waals surface area contributed by atoms with Crippen LogP contribution in [0.15, 0.2) is 4.99 Å². The number of hydrogen-bond donors (Lipinski definition) is 2. The van der Waals surface area contributed by atoms with Gasteiger partial charge in [0.05, 0.1) is 0 Å². The molecule has 2 rings (SSSR count). The fraction of sp³-hybridized carbons (Fsp3) is 0.882. The second-order valence-corrected chi connectivity index (χ2v) is 6.52. The molecule has 0 aromatic rings. The molecule has 5 heteroatoms. The minimum atomic E-state index is 0.330. The Balaban J connectivity index is 1.71. The number of aliphatic imine (C=N–C) groups is 1. The van der Waals surface area contributed by atoms with Crippen molar-refractivity contribution >= 4 is 11.9 Å². The molecule has 22 heavy (non-hydrogen) atoms. The highest BCUT2D eigenvalue weighted by molar-refractivity contribution is 5.80. The van der Waals surface area contributed by atoms with Crippen molar-refractivity contribution in [3.05, 3.63) is 0 Å². The Bertz CT molecular complexity index is 377. The molecule has 2 aliphatic rings. The van der Waals surface area contributed by atoms with Crippen molar-refractivity contribution in [3.8, 4) is 0 Å². The summed E-state index contributed by atoms with van der Waals surface area (Å²) in [6.45, 7) is 3.98. The predicted octanol–water partition coefficient (Wildman–Crippen LogP) is 2.28. The second kappa shape index (κ2) is 9.01. The first-order valence-corrected chi connectivity index (χ1v) is 9.01. The third-order valence-corrected chi connectivity index (χ3v) is 4.96. The van der Waals surface area contributed by atoms with E-state index in [9.17, 15) is 4.79 Å². The van der Waals surface area contributed by atoms with Crippen molar-refractivity contribution in [3.63, 3.8) is 0 Å². The monoisotopic (exact) mass is 308 g/mol. The zero-order valence-corrected chi connectivity index (χ0v) is 14.2. The molecule has 1 saturated carbocycles. The molecule has 0 bridgehead atoms. The summed E-state index contributed by atoms with van der Waals surface area (Å²) in [6, 6.07) is 0.942. The van der Waals surface area contributed by atoms with Crippen molar-refractivity contribution in [2.45, 2.75) is 76.8 Å². The van der Waals surface area contributed by atoms with Gasteiger partial charge in [-0.2, -0.15) is 0 Å². The molecule has 126 valence electrons. The number of nitrogens with zero attached hydrogens (tertiary/aromatic N) is 2. The van der Waals surface area contributed by atoms with E-state index in [4.69, 9.17) is 0 Å². The molecule has 0 aromatic heterocycles. The lowest BCUT2D eigenvalue weighted by Gasteiger charge is -2.28. The van der Waals surface area contributed by atoms with Gasteiger partial charge in [-0.1, -0.05) is 26.2 Å². The lowest BCUT2D eigenvalue weighted by molar-refractivity contribution is -0.129. The highest BCUT2D eigenvalue weighted by Gasteiger charge is 2.26. The average Bonchev–Trinajstić information content (AvgIpc) is 2.97. The van der Waals surface area contributed by atoms with Gasteiger partial charge in [-0.3, -0.25) is 9.79 Å². The molecule has 1 aliphatic carbocycles. The maximum atomic E-state index is 11.9. The van der Waals surface area contributed by atoms with Gasteiger partial charge in [0.15, 0.2) is 5.96 Å². The summed E-state index contributed by atoms with van der Waals surface area (Å²) in [5, 5.41) is 6.95. The first-order valence-electron chi connectivity index (χ1n) is 9.01. The summed E-state index contributed by atoms with van der Waals surface area (Å²) < 4.78 is 0. The molecule has 0 aromatic carbocycles. The Morgan fingerprint density at radius 2 is 2.09 bits per heavy atom. The Kier molecular flexibility index (Phi) is 7.00. The number of amides is 1. The van der Waals surface area contributed by atoms with Crippen molar-refractivity contribution in [2.75, 3.05) is 20.1 Å². The second-order valence-electron chi connectivity index (χ2n) is 6.52. The van der Waals surface area contributed by atoms with E-state index in [1.165, 1.54) is 32.1 Å². The zero-order valence-electron chi connectivity index (χ0n) is 14.2. The number of guanidine groups is 1. The summed E-state index contributed by atoms with van der Waals surface area (Å²) in [6.07, 6.45) is 10.3. The van der Waals surface area contributed by atoms with E-state index in [1.54, 1.807) is 0 Å². The highest BCUT2D eigenvalue weighted by atomic mass is 16.2. The number of rotatable bonds is 6. The Labute approximate surface area is 134 Å². The van der Waals surface area contributed by atoms with Gasteiger partial charge >= 0.3 is 0 Å². The van der Waals surface area contributed by atoms with Crippen LogP contribution in [0.2, 0.25) is 0 Å². The summed E-state index contributed by atoms with van der Waals surface area (Å²) in [7, 11) is 1.83. The Morgan fingerprint density at radius 3 is 2.68 bits per heavy atom. The minimum absolute atomic E-state index is 0.330. The van der Waals surface area contributed by atoms with Gasteiger partial charge < -0.3 is 15.5 Å². The van der Waals surface area contributed by atoms with Gasteiger partial charge in [0.2, 0.25) is 5.91 Å². The van der Waals surface area contributed by atoms with Gasteiger partial charge in [0.1, 0.15) is 0 Å². The third kappa shape index (κ3) is 4.89. The topological polar surface area (TPSA) is 56.7 Å². The molecule has 0 spiro atoms. The molecule has 1 atom stereocenters. The maximum Gasteiger partial charge on any atom is 0.222 e. The molecule has 0 radical (unpaired) electrons. The van der Waals surface area contributed by atoms with Crippen LogP contribution in [0.25, 0.3) is 0 Å². The summed E-state index contributed by atoms with van der Waals surface area (Å²) in [5.74, 6) is 1.24. The number of likely N-dealkylation sites (tertiary alicyclic amines) is 1. The van der Waals surface area contributed by atoms with Crippen molar-refractivity contribution < 1.29 is 4.79 Å². The van der Waals surface area contributed by atoms with E-state index >= 15 is 0 Å². The van der Waals surface area contributed by atoms with E-state index in [1.807, 2.05) is 7.05 Å². The van der Waals surface area contributed by atoms with Gasteiger partial charge in [-0.05, 0) is 32.1 Å². The molecular formula is C17H32N4O. The van der Waals surface area contributed by atoms with Gasteiger partial charge in [-0.15, -0.1) is 0 Å². The highest BCUT2D eigenvalue weighted by Crippen LogP contribution is 2.18. The standard InChI is InChI=1S/C17H32N4O/c1-3-15(21-13-7-10-16(21)22)11-12-19-17(18-2)20-14-8-5-4-6-9-14/h14-15H,3-13H2,1-2H3,(H2,18,19,20). The van der Waals surface area contributed by atoms with E-state index in [0.29, 0.717) is 18.0 Å². The van der Waals surface area contributed by atoms with Crippen LogP contribution in [0, 0.1) is 0 Å². The Morgan fingerprint density at radius 1 is 1.32 bits per heavy atom. The maximum absolute atomic E-state index is 11.9. The average molecular weight is 308 g/mol. The first-order chi connectivity index (χ1) is 10.7. The largest absolute Gasteiger partial charge is 0.356 e. The number of carbonyl (C=O) groups is 1. The fourth-order valence-electron chi connectivity index (χ4n) is 3.63. The number of nitrogens with one attached hydrogen (secondary N) is 2. The van der Waals surface area contributed by atoms with Crippen LogP contribution in [0.5, 0.6) is 0 Å². The normalized spacial score (nSPS) is 22.0. The lowest BCUT2D eigenvalue weighted by atomic mass is 9.96. The summed E-state index contributed by atoms with van der Waals surface area (Å²) in [4.78, 5) is 18.3. The molecule has 1 unspecified atom stereocenters. The van der Waals surface area contributed by atoms with E-state index in [0.717, 1.165) is 44.7 Å². The number of hydrogen-bond acceptors (Lipinski definition) is 2. The first kappa shape index (κ1) is 17.1. The van der Waals surface area contributed by atoms with Crippen LogP contribution in [0.4, 0.5) is 0 Å². The number of carbonyl (C=O) groups excluding carboxylic acids is 1. The van der Waals surface area contributed by atoms with Crippen molar-refractivity contribution in [1.82, 2.24) is 15.5 Å². The van der Waals surface area contributed by atoms with Crippen LogP contribution in [-0.4, -0.2) is 49.0 Å². The van der Waals surface area contributed by atoms with E-state index in [2.05, 4.69) is 27.4 Å². The molecule has 2 fully saturated rings. The predicted molar refractivity (Wildman–Crippen MR) is 91.0 cm³/mol. The fourth-order valence-corrected chi connectivity index (χ4v) is 3.63. The molecular weight excluding hydrogens is 276 g/mol. The SMILES string of the molecule is CCC(CCNC(=NC)NC1CCCCC1)N1CCCC1=O. The molecule has 1 saturated heterocycles. The van der Waals surface area contributed by atoms with Crippen LogP contribution in [0.1, 0.15) is 64.7 Å². The van der Waals surface area contributed by atoms with Crippen LogP contribution in [0.3, 0.4) is 0 Å². The molecule has 5 nitrogen and oxygen atoms in total. The van der Waals surface area contributed by atoms with E-state index < -0.39 is 0 Å². The van der Waals surface area contributed by atoms with Gasteiger partial charge in [0, 0.05) is 38.6 Å². The van der Waals surface area contributed by atoms with Crippen LogP contribution >= 0.6 is 0 Å². The summed E-state index contributed by atoms with van der Waals surface area (Å²) >= 11 is 0. The zero-order chi connectivity index (χ0) is 15.8. The molecule has 2 N–H and O–H groups in total. The van der Waals surface area contributed by atoms with Gasteiger partial charge in [-0.25, -0.2) is 0 Å². The molecule has 1 aliphatic heterocycles. The molecule has 1 amide bonds. The summed E-state index contributed by atoms with van der Waals surface area (Å²) in [5.41, 5.74) is 0. The van der Waals surface area contributed by atoms with Crippen molar-refractivity contribution in [1.29, 1.82) is 0 Å². The van der Waals surface area contributed by atoms with Gasteiger partial charge in [0.25, 0.3) is 0 Å². The third-order valence-electron chi connectivity index (χ3n) is 4.96. The Hall–Kier alpha value is -1.26. The van der Waals surface area contributed by atoms with Crippen LogP contribution < -0.4 is 10.6 Å². The molecule has 1 heterocycles. The van der Waals surface area contributed by atoms with Crippen molar-refractivity contribution in [2.24, 2.45) is 4.99 Å². The van der Waals surface area contributed by atoms with E-state index in [-0.39, 0.29) is 0 Å². The van der Waals surface area contributed by atoms with Crippen LogP contribution in [-0.2, 0) is 4.79 Å².